The fourth-order valence-electron chi connectivity index (χ4n) is 3.53. The van der Waals surface area contributed by atoms with Crippen LogP contribution in [-0.2, 0) is 19.4 Å². The predicted molar refractivity (Wildman–Crippen MR) is 108 cm³/mol. The van der Waals surface area contributed by atoms with Gasteiger partial charge in [-0.1, -0.05) is 49.4 Å². The number of benzene rings is 2. The molecule has 2 heterocycles. The molecule has 27 heavy (non-hydrogen) atoms. The number of hydrogen-bond donors (Lipinski definition) is 1. The van der Waals surface area contributed by atoms with Crippen LogP contribution in [-0.4, -0.2) is 22.3 Å². The van der Waals surface area contributed by atoms with Gasteiger partial charge in [0.1, 0.15) is 5.82 Å². The Morgan fingerprint density at radius 2 is 1.81 bits per heavy atom. The SMILES string of the molecule is CCc1ccccc1Nc1ccc(C(=O)N2CCc3ccccc3C2)cn1. The second-order valence-electron chi connectivity index (χ2n) is 6.81. The lowest BCUT2D eigenvalue weighted by Crippen LogP contribution is -2.35. The van der Waals surface area contributed by atoms with Crippen molar-refractivity contribution in [2.45, 2.75) is 26.3 Å². The minimum absolute atomic E-state index is 0.0394. The molecule has 1 N–H and O–H groups in total. The highest BCUT2D eigenvalue weighted by Crippen LogP contribution is 2.22. The number of rotatable bonds is 4. The van der Waals surface area contributed by atoms with E-state index in [0.29, 0.717) is 12.1 Å². The predicted octanol–water partition coefficient (Wildman–Crippen LogP) is 4.59. The van der Waals surface area contributed by atoms with Gasteiger partial charge in [0.2, 0.25) is 0 Å². The van der Waals surface area contributed by atoms with Crippen LogP contribution in [0.3, 0.4) is 0 Å². The number of anilines is 2. The summed E-state index contributed by atoms with van der Waals surface area (Å²) in [5, 5.41) is 3.35. The van der Waals surface area contributed by atoms with E-state index < -0.39 is 0 Å². The minimum Gasteiger partial charge on any atom is -0.340 e. The summed E-state index contributed by atoms with van der Waals surface area (Å²) < 4.78 is 0. The minimum atomic E-state index is 0.0394. The Morgan fingerprint density at radius 3 is 2.59 bits per heavy atom. The van der Waals surface area contributed by atoms with Crippen molar-refractivity contribution in [3.8, 4) is 0 Å². The molecule has 1 aromatic heterocycles. The Balaban J connectivity index is 1.47. The first kappa shape index (κ1) is 17.3. The van der Waals surface area contributed by atoms with Crippen molar-refractivity contribution in [3.05, 3.63) is 89.1 Å². The molecule has 0 fully saturated rings. The Kier molecular flexibility index (Phi) is 4.88. The molecule has 136 valence electrons. The van der Waals surface area contributed by atoms with E-state index in [9.17, 15) is 4.79 Å². The third-order valence-electron chi connectivity index (χ3n) is 5.09. The number of nitrogens with zero attached hydrogens (tertiary/aromatic N) is 2. The number of nitrogens with one attached hydrogen (secondary N) is 1. The van der Waals surface area contributed by atoms with E-state index >= 15 is 0 Å². The number of amides is 1. The highest BCUT2D eigenvalue weighted by atomic mass is 16.2. The van der Waals surface area contributed by atoms with Gasteiger partial charge in [0.05, 0.1) is 5.56 Å². The first-order valence-corrected chi connectivity index (χ1v) is 9.41. The van der Waals surface area contributed by atoms with Gasteiger partial charge >= 0.3 is 0 Å². The molecule has 0 bridgehead atoms. The molecular formula is C23H23N3O. The summed E-state index contributed by atoms with van der Waals surface area (Å²) in [5.41, 5.74) is 5.50. The average molecular weight is 357 g/mol. The second kappa shape index (κ2) is 7.62. The van der Waals surface area contributed by atoms with Gasteiger partial charge in [-0.2, -0.15) is 0 Å². The van der Waals surface area contributed by atoms with Gasteiger partial charge < -0.3 is 10.2 Å². The summed E-state index contributed by atoms with van der Waals surface area (Å²) in [6.45, 7) is 3.55. The summed E-state index contributed by atoms with van der Waals surface area (Å²) >= 11 is 0. The molecule has 4 heteroatoms. The van der Waals surface area contributed by atoms with Gasteiger partial charge in [-0.05, 0) is 47.7 Å². The normalized spacial score (nSPS) is 13.1. The largest absolute Gasteiger partial charge is 0.340 e. The second-order valence-corrected chi connectivity index (χ2v) is 6.81. The lowest BCUT2D eigenvalue weighted by molar-refractivity contribution is 0.0734. The number of fused-ring (bicyclic) bond motifs is 1. The summed E-state index contributed by atoms with van der Waals surface area (Å²) in [6.07, 6.45) is 3.53. The van der Waals surface area contributed by atoms with E-state index in [0.717, 1.165) is 30.9 Å². The standard InChI is InChI=1S/C23H23N3O/c1-2-17-7-5-6-10-21(17)25-22-12-11-19(15-24-22)23(27)26-14-13-18-8-3-4-9-20(18)16-26/h3-12,15H,2,13-14,16H2,1H3,(H,24,25). The molecule has 0 aliphatic carbocycles. The number of hydrogen-bond acceptors (Lipinski definition) is 3. The third kappa shape index (κ3) is 3.70. The van der Waals surface area contributed by atoms with Crippen molar-refractivity contribution in [1.82, 2.24) is 9.88 Å². The Bertz CT molecular complexity index is 950. The number of carbonyl (C=O) groups is 1. The van der Waals surface area contributed by atoms with Gasteiger partial charge in [-0.15, -0.1) is 0 Å². The monoisotopic (exact) mass is 357 g/mol. The lowest BCUT2D eigenvalue weighted by Gasteiger charge is -2.28. The van der Waals surface area contributed by atoms with Crippen LogP contribution in [0.4, 0.5) is 11.5 Å². The molecule has 0 spiro atoms. The van der Waals surface area contributed by atoms with Crippen LogP contribution >= 0.6 is 0 Å². The molecule has 4 nitrogen and oxygen atoms in total. The molecule has 1 aliphatic rings. The van der Waals surface area contributed by atoms with Crippen LogP contribution in [0.25, 0.3) is 0 Å². The molecule has 0 radical (unpaired) electrons. The molecule has 3 aromatic rings. The highest BCUT2D eigenvalue weighted by Gasteiger charge is 2.21. The van der Waals surface area contributed by atoms with Gasteiger partial charge in [0, 0.05) is 25.0 Å². The van der Waals surface area contributed by atoms with Gasteiger partial charge in [0.25, 0.3) is 5.91 Å². The Morgan fingerprint density at radius 1 is 1.04 bits per heavy atom. The molecule has 4 rings (SSSR count). The van der Waals surface area contributed by atoms with Crippen LogP contribution in [0.5, 0.6) is 0 Å². The summed E-state index contributed by atoms with van der Waals surface area (Å²) in [4.78, 5) is 19.2. The molecule has 1 amide bonds. The van der Waals surface area contributed by atoms with Gasteiger partial charge in [-0.25, -0.2) is 4.98 Å². The molecule has 0 unspecified atom stereocenters. The molecule has 2 aromatic carbocycles. The maximum absolute atomic E-state index is 12.8. The summed E-state index contributed by atoms with van der Waals surface area (Å²) in [5.74, 6) is 0.786. The highest BCUT2D eigenvalue weighted by molar-refractivity contribution is 5.94. The number of aryl methyl sites for hydroxylation is 1. The van der Waals surface area contributed by atoms with E-state index in [1.54, 1.807) is 6.20 Å². The average Bonchev–Trinajstić information content (AvgIpc) is 2.74. The van der Waals surface area contributed by atoms with Crippen molar-refractivity contribution >= 4 is 17.4 Å². The first-order chi connectivity index (χ1) is 13.2. The van der Waals surface area contributed by atoms with Crippen molar-refractivity contribution in [2.24, 2.45) is 0 Å². The van der Waals surface area contributed by atoms with Crippen LogP contribution < -0.4 is 5.32 Å². The molecule has 0 saturated heterocycles. The number of para-hydroxylation sites is 1. The zero-order valence-corrected chi connectivity index (χ0v) is 15.5. The van der Waals surface area contributed by atoms with Crippen LogP contribution in [0.1, 0.15) is 34.0 Å². The fraction of sp³-hybridized carbons (Fsp3) is 0.217. The quantitative estimate of drug-likeness (QED) is 0.743. The Labute approximate surface area is 159 Å². The number of carbonyl (C=O) groups excluding carboxylic acids is 1. The van der Waals surface area contributed by atoms with E-state index in [1.165, 1.54) is 16.7 Å². The van der Waals surface area contributed by atoms with E-state index in [4.69, 9.17) is 0 Å². The third-order valence-corrected chi connectivity index (χ3v) is 5.09. The smallest absolute Gasteiger partial charge is 0.255 e. The van der Waals surface area contributed by atoms with E-state index in [1.807, 2.05) is 41.3 Å². The topological polar surface area (TPSA) is 45.2 Å². The van der Waals surface area contributed by atoms with Crippen molar-refractivity contribution in [3.63, 3.8) is 0 Å². The lowest BCUT2D eigenvalue weighted by atomic mass is 9.99. The van der Waals surface area contributed by atoms with Crippen LogP contribution in [0.2, 0.25) is 0 Å². The van der Waals surface area contributed by atoms with Crippen molar-refractivity contribution in [1.29, 1.82) is 0 Å². The van der Waals surface area contributed by atoms with Crippen molar-refractivity contribution < 1.29 is 4.79 Å². The zero-order chi connectivity index (χ0) is 18.6. The van der Waals surface area contributed by atoms with Crippen LogP contribution in [0.15, 0.2) is 66.9 Å². The molecule has 1 aliphatic heterocycles. The van der Waals surface area contributed by atoms with Gasteiger partial charge in [-0.3, -0.25) is 4.79 Å². The fourth-order valence-corrected chi connectivity index (χ4v) is 3.53. The number of pyridine rings is 1. The van der Waals surface area contributed by atoms with Crippen LogP contribution in [0, 0.1) is 0 Å². The van der Waals surface area contributed by atoms with E-state index in [2.05, 4.69) is 41.5 Å². The molecule has 0 saturated carbocycles. The summed E-state index contributed by atoms with van der Waals surface area (Å²) in [6, 6.07) is 20.3. The summed E-state index contributed by atoms with van der Waals surface area (Å²) in [7, 11) is 0. The van der Waals surface area contributed by atoms with E-state index in [-0.39, 0.29) is 5.91 Å². The molecule has 0 atom stereocenters. The zero-order valence-electron chi connectivity index (χ0n) is 15.5. The van der Waals surface area contributed by atoms with Crippen molar-refractivity contribution in [2.75, 3.05) is 11.9 Å². The maximum Gasteiger partial charge on any atom is 0.255 e. The maximum atomic E-state index is 12.8. The Hall–Kier alpha value is -3.14. The first-order valence-electron chi connectivity index (χ1n) is 9.41. The van der Waals surface area contributed by atoms with Gasteiger partial charge in [0.15, 0.2) is 0 Å². The number of aromatic nitrogens is 1. The molecular weight excluding hydrogens is 334 g/mol.